The standard InChI is InChI=1S/C19H16ClFN4O/c20-15-7-3-1-6-14(15)12-22-17-9-10-18(25-24-17)23-19(26)11-13-5-2-4-8-16(13)21/h1-10H,11-12H2,(H,22,24)(H,23,25,26). The highest BCUT2D eigenvalue weighted by Crippen LogP contribution is 2.16. The van der Waals surface area contributed by atoms with Gasteiger partial charge in [-0.25, -0.2) is 4.39 Å². The summed E-state index contributed by atoms with van der Waals surface area (Å²) in [7, 11) is 0. The largest absolute Gasteiger partial charge is 0.364 e. The molecule has 7 heteroatoms. The minimum absolute atomic E-state index is 0.0686. The van der Waals surface area contributed by atoms with E-state index in [1.54, 1.807) is 30.3 Å². The Morgan fingerprint density at radius 2 is 1.58 bits per heavy atom. The van der Waals surface area contributed by atoms with Gasteiger partial charge >= 0.3 is 0 Å². The third kappa shape index (κ3) is 4.77. The van der Waals surface area contributed by atoms with Gasteiger partial charge in [0.15, 0.2) is 5.82 Å². The lowest BCUT2D eigenvalue weighted by atomic mass is 10.1. The number of carbonyl (C=O) groups is 1. The molecule has 3 aromatic rings. The van der Waals surface area contributed by atoms with E-state index in [-0.39, 0.29) is 12.3 Å². The summed E-state index contributed by atoms with van der Waals surface area (Å²) >= 11 is 6.10. The maximum Gasteiger partial charge on any atom is 0.230 e. The van der Waals surface area contributed by atoms with Crippen molar-refractivity contribution in [3.8, 4) is 0 Å². The zero-order chi connectivity index (χ0) is 18.4. The third-order valence-electron chi connectivity index (χ3n) is 3.66. The Hall–Kier alpha value is -2.99. The monoisotopic (exact) mass is 370 g/mol. The average molecular weight is 371 g/mol. The van der Waals surface area contributed by atoms with Crippen LogP contribution in [0.3, 0.4) is 0 Å². The second kappa shape index (κ2) is 8.40. The van der Waals surface area contributed by atoms with Crippen LogP contribution in [-0.2, 0) is 17.8 Å². The highest BCUT2D eigenvalue weighted by Gasteiger charge is 2.09. The summed E-state index contributed by atoms with van der Waals surface area (Å²) in [5.74, 6) is 0.0840. The molecule has 0 aliphatic heterocycles. The molecule has 2 aromatic carbocycles. The molecule has 0 radical (unpaired) electrons. The molecule has 26 heavy (non-hydrogen) atoms. The van der Waals surface area contributed by atoms with Crippen molar-refractivity contribution < 1.29 is 9.18 Å². The SMILES string of the molecule is O=C(Cc1ccccc1F)Nc1ccc(NCc2ccccc2Cl)nn1. The van der Waals surface area contributed by atoms with Crippen LogP contribution < -0.4 is 10.6 Å². The summed E-state index contributed by atoms with van der Waals surface area (Å²) in [6.45, 7) is 0.507. The average Bonchev–Trinajstić information content (AvgIpc) is 2.64. The van der Waals surface area contributed by atoms with Crippen molar-refractivity contribution in [2.45, 2.75) is 13.0 Å². The van der Waals surface area contributed by atoms with Crippen molar-refractivity contribution in [2.24, 2.45) is 0 Å². The van der Waals surface area contributed by atoms with Crippen molar-refractivity contribution in [3.63, 3.8) is 0 Å². The number of halogens is 2. The molecule has 1 aromatic heterocycles. The minimum atomic E-state index is -0.409. The van der Waals surface area contributed by atoms with Gasteiger partial charge in [0.25, 0.3) is 0 Å². The van der Waals surface area contributed by atoms with E-state index < -0.39 is 5.82 Å². The van der Waals surface area contributed by atoms with E-state index in [4.69, 9.17) is 11.6 Å². The molecule has 5 nitrogen and oxygen atoms in total. The van der Waals surface area contributed by atoms with Crippen LogP contribution in [-0.4, -0.2) is 16.1 Å². The van der Waals surface area contributed by atoms with Crippen LogP contribution in [0, 0.1) is 5.82 Å². The summed E-state index contributed by atoms with van der Waals surface area (Å²) in [5.41, 5.74) is 1.27. The van der Waals surface area contributed by atoms with Gasteiger partial charge in [-0.15, -0.1) is 10.2 Å². The van der Waals surface area contributed by atoms with Crippen LogP contribution in [0.4, 0.5) is 16.0 Å². The van der Waals surface area contributed by atoms with Crippen LogP contribution in [0.1, 0.15) is 11.1 Å². The van der Waals surface area contributed by atoms with Gasteiger partial charge in [-0.2, -0.15) is 0 Å². The first-order valence-corrected chi connectivity index (χ1v) is 8.34. The number of nitrogens with one attached hydrogen (secondary N) is 2. The van der Waals surface area contributed by atoms with Crippen molar-refractivity contribution in [2.75, 3.05) is 10.6 Å². The number of anilines is 2. The van der Waals surface area contributed by atoms with E-state index in [9.17, 15) is 9.18 Å². The normalized spacial score (nSPS) is 10.4. The fraction of sp³-hybridized carbons (Fsp3) is 0.105. The van der Waals surface area contributed by atoms with Gasteiger partial charge in [-0.1, -0.05) is 48.0 Å². The Kier molecular flexibility index (Phi) is 5.76. The molecule has 2 N–H and O–H groups in total. The maximum atomic E-state index is 13.6. The van der Waals surface area contributed by atoms with Gasteiger partial charge in [0.1, 0.15) is 11.6 Å². The van der Waals surface area contributed by atoms with Crippen LogP contribution >= 0.6 is 11.6 Å². The third-order valence-corrected chi connectivity index (χ3v) is 4.03. The molecule has 0 saturated heterocycles. The topological polar surface area (TPSA) is 66.9 Å². The lowest BCUT2D eigenvalue weighted by molar-refractivity contribution is -0.115. The zero-order valence-electron chi connectivity index (χ0n) is 13.7. The number of hydrogen-bond acceptors (Lipinski definition) is 4. The van der Waals surface area contributed by atoms with Crippen molar-refractivity contribution in [3.05, 3.63) is 82.6 Å². The van der Waals surface area contributed by atoms with E-state index in [1.165, 1.54) is 6.07 Å². The van der Waals surface area contributed by atoms with Gasteiger partial charge in [-0.3, -0.25) is 4.79 Å². The first-order valence-electron chi connectivity index (χ1n) is 7.96. The molecule has 3 rings (SSSR count). The molecule has 0 saturated carbocycles. The number of benzene rings is 2. The molecule has 0 aliphatic rings. The van der Waals surface area contributed by atoms with Gasteiger partial charge in [0.05, 0.1) is 6.42 Å². The second-order valence-corrected chi connectivity index (χ2v) is 5.97. The number of carbonyl (C=O) groups excluding carboxylic acids is 1. The van der Waals surface area contributed by atoms with Crippen molar-refractivity contribution >= 4 is 29.1 Å². The predicted octanol–water partition coefficient (Wildman–Crippen LogP) is 4.06. The highest BCUT2D eigenvalue weighted by atomic mass is 35.5. The molecule has 1 amide bonds. The van der Waals surface area contributed by atoms with E-state index in [1.807, 2.05) is 24.3 Å². The molecule has 0 unspecified atom stereocenters. The maximum absolute atomic E-state index is 13.6. The first kappa shape index (κ1) is 17.8. The summed E-state index contributed by atoms with van der Waals surface area (Å²) in [5, 5.41) is 14.3. The van der Waals surface area contributed by atoms with Gasteiger partial charge < -0.3 is 10.6 Å². The molecule has 0 fully saturated rings. The molecular weight excluding hydrogens is 355 g/mol. The van der Waals surface area contributed by atoms with Crippen molar-refractivity contribution in [1.29, 1.82) is 0 Å². The highest BCUT2D eigenvalue weighted by molar-refractivity contribution is 6.31. The molecule has 0 atom stereocenters. The summed E-state index contributed by atoms with van der Waals surface area (Å²) < 4.78 is 13.6. The van der Waals surface area contributed by atoms with Gasteiger partial charge in [0, 0.05) is 11.6 Å². The quantitative estimate of drug-likeness (QED) is 0.686. The first-order chi connectivity index (χ1) is 12.6. The van der Waals surface area contributed by atoms with Crippen LogP contribution in [0.15, 0.2) is 60.7 Å². The van der Waals surface area contributed by atoms with Gasteiger partial charge in [-0.05, 0) is 35.4 Å². The molecule has 132 valence electrons. The molecular formula is C19H16ClFN4O. The van der Waals surface area contributed by atoms with E-state index in [2.05, 4.69) is 20.8 Å². The number of rotatable bonds is 6. The molecule has 0 aliphatic carbocycles. The Morgan fingerprint density at radius 1 is 0.923 bits per heavy atom. The van der Waals surface area contributed by atoms with Crippen LogP contribution in [0.5, 0.6) is 0 Å². The fourth-order valence-corrected chi connectivity index (χ4v) is 2.53. The van der Waals surface area contributed by atoms with E-state index >= 15 is 0 Å². The van der Waals surface area contributed by atoms with Crippen LogP contribution in [0.2, 0.25) is 5.02 Å². The summed E-state index contributed by atoms with van der Waals surface area (Å²) in [6, 6.07) is 17.0. The van der Waals surface area contributed by atoms with E-state index in [0.717, 1.165) is 5.56 Å². The predicted molar refractivity (Wildman–Crippen MR) is 99.5 cm³/mol. The number of hydrogen-bond donors (Lipinski definition) is 2. The Labute approximate surface area is 155 Å². The smallest absolute Gasteiger partial charge is 0.230 e. The fourth-order valence-electron chi connectivity index (χ4n) is 2.32. The van der Waals surface area contributed by atoms with Crippen molar-refractivity contribution in [1.82, 2.24) is 10.2 Å². The second-order valence-electron chi connectivity index (χ2n) is 5.57. The molecule has 0 spiro atoms. The van der Waals surface area contributed by atoms with E-state index in [0.29, 0.717) is 28.8 Å². The minimum Gasteiger partial charge on any atom is -0.364 e. The molecule has 0 bridgehead atoms. The zero-order valence-corrected chi connectivity index (χ0v) is 14.5. The van der Waals surface area contributed by atoms with Crippen LogP contribution in [0.25, 0.3) is 0 Å². The number of aromatic nitrogens is 2. The number of amides is 1. The molecule has 1 heterocycles. The Bertz CT molecular complexity index is 902. The Morgan fingerprint density at radius 3 is 2.27 bits per heavy atom. The lowest BCUT2D eigenvalue weighted by Gasteiger charge is -2.08. The van der Waals surface area contributed by atoms with Gasteiger partial charge in [0.2, 0.25) is 5.91 Å². The number of nitrogens with zero attached hydrogens (tertiary/aromatic N) is 2. The Balaban J connectivity index is 1.55. The summed E-state index contributed by atoms with van der Waals surface area (Å²) in [4.78, 5) is 12.0. The summed E-state index contributed by atoms with van der Waals surface area (Å²) in [6.07, 6.45) is -0.0686. The lowest BCUT2D eigenvalue weighted by Crippen LogP contribution is -2.16.